The molecule has 2 aliphatic heterocycles. The monoisotopic (exact) mass is 551 g/mol. The lowest BCUT2D eigenvalue weighted by molar-refractivity contribution is -0.118. The van der Waals surface area contributed by atoms with Crippen molar-refractivity contribution >= 4 is 50.8 Å². The van der Waals surface area contributed by atoms with Gasteiger partial charge < -0.3 is 20.9 Å². The Morgan fingerprint density at radius 1 is 1.08 bits per heavy atom. The van der Waals surface area contributed by atoms with Crippen LogP contribution in [0.1, 0.15) is 23.1 Å². The molecule has 5 rings (SSSR count). The Hall–Kier alpha value is -3.70. The predicted molar refractivity (Wildman–Crippen MR) is 151 cm³/mol. The smallest absolute Gasteiger partial charge is 0.321 e. The average molecular weight is 552 g/mol. The van der Waals surface area contributed by atoms with Crippen LogP contribution in [0.4, 0.5) is 21.9 Å². The van der Waals surface area contributed by atoms with Gasteiger partial charge in [0.2, 0.25) is 5.91 Å². The van der Waals surface area contributed by atoms with Crippen molar-refractivity contribution in [1.29, 1.82) is 0 Å². The first-order valence-electron chi connectivity index (χ1n) is 12.3. The van der Waals surface area contributed by atoms with E-state index in [9.17, 15) is 18.0 Å². The molecule has 38 heavy (non-hydrogen) atoms. The van der Waals surface area contributed by atoms with E-state index in [1.807, 2.05) is 36.4 Å². The molecule has 4 N–H and O–H groups in total. The molecule has 0 spiro atoms. The van der Waals surface area contributed by atoms with E-state index in [1.54, 1.807) is 37.4 Å². The van der Waals surface area contributed by atoms with Gasteiger partial charge in [0.05, 0.1) is 16.8 Å². The maximum atomic E-state index is 13.4. The number of aryl methyl sites for hydroxylation is 1. The number of urea groups is 1. The molecule has 9 nitrogen and oxygen atoms in total. The normalized spacial score (nSPS) is 16.5. The molecule has 0 bridgehead atoms. The van der Waals surface area contributed by atoms with Crippen molar-refractivity contribution in [3.63, 3.8) is 0 Å². The van der Waals surface area contributed by atoms with Gasteiger partial charge in [-0.1, -0.05) is 42.5 Å². The van der Waals surface area contributed by atoms with Crippen LogP contribution < -0.4 is 20.7 Å². The zero-order valence-electron chi connectivity index (χ0n) is 20.9. The molecule has 198 valence electrons. The van der Waals surface area contributed by atoms with Gasteiger partial charge in [0, 0.05) is 31.5 Å². The summed E-state index contributed by atoms with van der Waals surface area (Å²) in [4.78, 5) is 25.9. The molecule has 0 radical (unpaired) electrons. The van der Waals surface area contributed by atoms with Crippen molar-refractivity contribution in [1.82, 2.24) is 10.2 Å². The SMILES string of the molecule is CN1Cc2cc(NS(=O)(=O)c3cccc4c3NC(SCC(=O)NCc3ccccc3)CC4)ccc2NC1=O. The fourth-order valence-electron chi connectivity index (χ4n) is 4.50. The van der Waals surface area contributed by atoms with Gasteiger partial charge in [-0.05, 0) is 53.8 Å². The van der Waals surface area contributed by atoms with Crippen LogP contribution in [0, 0.1) is 0 Å². The van der Waals surface area contributed by atoms with Crippen LogP contribution in [-0.4, -0.2) is 43.4 Å². The van der Waals surface area contributed by atoms with Gasteiger partial charge in [-0.2, -0.15) is 0 Å². The molecule has 11 heteroatoms. The summed E-state index contributed by atoms with van der Waals surface area (Å²) in [6, 6.07) is 19.9. The number of hydrogen-bond donors (Lipinski definition) is 4. The van der Waals surface area contributed by atoms with E-state index >= 15 is 0 Å². The lowest BCUT2D eigenvalue weighted by Crippen LogP contribution is -2.35. The summed E-state index contributed by atoms with van der Waals surface area (Å²) < 4.78 is 29.6. The Kier molecular flexibility index (Phi) is 7.48. The first-order chi connectivity index (χ1) is 18.3. The van der Waals surface area contributed by atoms with Crippen LogP contribution in [0.3, 0.4) is 0 Å². The molecule has 2 aliphatic rings. The van der Waals surface area contributed by atoms with Crippen molar-refractivity contribution in [2.45, 2.75) is 36.2 Å². The number of para-hydroxylation sites is 1. The Morgan fingerprint density at radius 2 is 1.89 bits per heavy atom. The number of sulfonamides is 1. The largest absolute Gasteiger partial charge is 0.372 e. The van der Waals surface area contributed by atoms with Gasteiger partial charge in [0.25, 0.3) is 10.0 Å². The molecule has 0 fully saturated rings. The van der Waals surface area contributed by atoms with Gasteiger partial charge in [-0.15, -0.1) is 11.8 Å². The average Bonchev–Trinajstić information content (AvgIpc) is 2.91. The zero-order valence-corrected chi connectivity index (χ0v) is 22.5. The van der Waals surface area contributed by atoms with E-state index in [0.29, 0.717) is 36.6 Å². The van der Waals surface area contributed by atoms with E-state index in [-0.39, 0.29) is 28.0 Å². The van der Waals surface area contributed by atoms with Crippen molar-refractivity contribution in [2.75, 3.05) is 28.2 Å². The maximum Gasteiger partial charge on any atom is 0.321 e. The lowest BCUT2D eigenvalue weighted by atomic mass is 10.0. The van der Waals surface area contributed by atoms with E-state index in [1.165, 1.54) is 16.7 Å². The minimum absolute atomic E-state index is 0.0664. The molecule has 3 aromatic rings. The number of nitrogens with one attached hydrogen (secondary N) is 4. The number of carbonyl (C=O) groups is 2. The van der Waals surface area contributed by atoms with Gasteiger partial charge in [0.15, 0.2) is 0 Å². The molecule has 0 aromatic heterocycles. The van der Waals surface area contributed by atoms with E-state index < -0.39 is 10.0 Å². The Labute approximate surface area is 226 Å². The summed E-state index contributed by atoms with van der Waals surface area (Å²) in [7, 11) is -2.22. The third kappa shape index (κ3) is 5.89. The minimum Gasteiger partial charge on any atom is -0.372 e. The highest BCUT2D eigenvalue weighted by molar-refractivity contribution is 8.00. The van der Waals surface area contributed by atoms with Gasteiger partial charge in [0.1, 0.15) is 4.90 Å². The van der Waals surface area contributed by atoms with Crippen molar-refractivity contribution in [3.8, 4) is 0 Å². The van der Waals surface area contributed by atoms with Crippen LogP contribution in [0.25, 0.3) is 0 Å². The Balaban J connectivity index is 1.25. The topological polar surface area (TPSA) is 120 Å². The second kappa shape index (κ2) is 11.0. The van der Waals surface area contributed by atoms with Crippen molar-refractivity contribution in [2.24, 2.45) is 0 Å². The third-order valence-electron chi connectivity index (χ3n) is 6.48. The summed E-state index contributed by atoms with van der Waals surface area (Å²) in [5.41, 5.74) is 4.44. The number of carbonyl (C=O) groups excluding carboxylic acids is 2. The highest BCUT2D eigenvalue weighted by atomic mass is 32.2. The molecular formula is C27H29N5O4S2. The maximum absolute atomic E-state index is 13.4. The number of rotatable bonds is 8. The molecular weight excluding hydrogens is 522 g/mol. The summed E-state index contributed by atoms with van der Waals surface area (Å²) in [6.07, 6.45) is 1.49. The number of thioether (sulfide) groups is 1. The van der Waals surface area contributed by atoms with E-state index in [2.05, 4.69) is 20.7 Å². The molecule has 1 unspecified atom stereocenters. The third-order valence-corrected chi connectivity index (χ3v) is 9.09. The van der Waals surface area contributed by atoms with Crippen LogP contribution in [0.15, 0.2) is 71.6 Å². The fourth-order valence-corrected chi connectivity index (χ4v) is 6.70. The highest BCUT2D eigenvalue weighted by Crippen LogP contribution is 2.36. The first kappa shape index (κ1) is 25.9. The van der Waals surface area contributed by atoms with Gasteiger partial charge in [-0.25, -0.2) is 13.2 Å². The molecule has 0 aliphatic carbocycles. The number of hydrogen-bond acceptors (Lipinski definition) is 6. The van der Waals surface area contributed by atoms with Crippen molar-refractivity contribution < 1.29 is 18.0 Å². The standard InChI is InChI=1S/C27H29N5O4S2/c1-32-16-20-14-21(11-12-22(20)29-27(32)34)31-38(35,36)23-9-5-8-19-10-13-25(30-26(19)23)37-17-24(33)28-15-18-6-3-2-4-7-18/h2-9,11-12,14,25,30-31H,10,13,15-17H2,1H3,(H,28,33)(H,29,34). The zero-order chi connectivity index (χ0) is 26.7. The summed E-state index contributed by atoms with van der Waals surface area (Å²) >= 11 is 1.47. The number of nitrogens with zero attached hydrogens (tertiary/aromatic N) is 1. The number of fused-ring (bicyclic) bond motifs is 2. The molecule has 3 aromatic carbocycles. The van der Waals surface area contributed by atoms with Crippen LogP contribution in [0.2, 0.25) is 0 Å². The lowest BCUT2D eigenvalue weighted by Gasteiger charge is -2.28. The molecule has 0 saturated heterocycles. The van der Waals surface area contributed by atoms with Gasteiger partial charge >= 0.3 is 6.03 Å². The Bertz CT molecular complexity index is 1460. The highest BCUT2D eigenvalue weighted by Gasteiger charge is 2.27. The summed E-state index contributed by atoms with van der Waals surface area (Å²) in [5.74, 6) is 0.205. The van der Waals surface area contributed by atoms with Crippen LogP contribution in [0.5, 0.6) is 0 Å². The van der Waals surface area contributed by atoms with Gasteiger partial charge in [-0.3, -0.25) is 9.52 Å². The minimum atomic E-state index is -3.90. The van der Waals surface area contributed by atoms with Crippen LogP contribution >= 0.6 is 11.8 Å². The Morgan fingerprint density at radius 3 is 2.71 bits per heavy atom. The molecule has 2 heterocycles. The molecule has 1 atom stereocenters. The van der Waals surface area contributed by atoms with Crippen LogP contribution in [-0.2, 0) is 34.3 Å². The predicted octanol–water partition coefficient (Wildman–Crippen LogP) is 4.20. The number of amides is 3. The second-order valence-electron chi connectivity index (χ2n) is 9.30. The first-order valence-corrected chi connectivity index (χ1v) is 14.8. The summed E-state index contributed by atoms with van der Waals surface area (Å²) in [6.45, 7) is 0.859. The quantitative estimate of drug-likeness (QED) is 0.333. The van der Waals surface area contributed by atoms with E-state index in [4.69, 9.17) is 0 Å². The fraction of sp³-hybridized carbons (Fsp3) is 0.259. The number of benzene rings is 3. The van der Waals surface area contributed by atoms with Crippen molar-refractivity contribution in [3.05, 3.63) is 83.4 Å². The molecule has 3 amide bonds. The molecule has 0 saturated carbocycles. The second-order valence-corrected chi connectivity index (χ2v) is 12.1. The van der Waals surface area contributed by atoms with E-state index in [0.717, 1.165) is 23.1 Å². The summed E-state index contributed by atoms with van der Waals surface area (Å²) in [5, 5.41) is 8.97. The number of anilines is 3.